The van der Waals surface area contributed by atoms with Gasteiger partial charge in [-0.25, -0.2) is 0 Å². The Morgan fingerprint density at radius 2 is 2.00 bits per heavy atom. The standard InChI is InChI=1S/C13H19Cl2NS/c1-10(7-16(2)3)8-17-9-11-4-5-12(14)6-13(11)15/h4-6,10H,7-9H2,1-3H3. The van der Waals surface area contributed by atoms with Crippen LogP contribution < -0.4 is 0 Å². The molecule has 0 spiro atoms. The SMILES string of the molecule is CC(CSCc1ccc(Cl)cc1Cl)CN(C)C. The number of nitrogens with zero attached hydrogens (tertiary/aromatic N) is 1. The fourth-order valence-electron chi connectivity index (χ4n) is 1.68. The van der Waals surface area contributed by atoms with Crippen molar-refractivity contribution in [1.29, 1.82) is 0 Å². The van der Waals surface area contributed by atoms with Crippen molar-refractivity contribution < 1.29 is 0 Å². The molecule has 0 aliphatic carbocycles. The van der Waals surface area contributed by atoms with Crippen molar-refractivity contribution in [1.82, 2.24) is 4.90 Å². The van der Waals surface area contributed by atoms with Crippen molar-refractivity contribution in [3.63, 3.8) is 0 Å². The fourth-order valence-corrected chi connectivity index (χ4v) is 3.34. The minimum atomic E-state index is 0.695. The Labute approximate surface area is 118 Å². The van der Waals surface area contributed by atoms with Crippen LogP contribution in [0.2, 0.25) is 10.0 Å². The Kier molecular flexibility index (Phi) is 6.71. The summed E-state index contributed by atoms with van der Waals surface area (Å²) in [6, 6.07) is 5.71. The molecule has 0 N–H and O–H groups in total. The molecule has 0 radical (unpaired) electrons. The second-order valence-electron chi connectivity index (χ2n) is 4.62. The summed E-state index contributed by atoms with van der Waals surface area (Å²) in [7, 11) is 4.22. The molecule has 1 atom stereocenters. The van der Waals surface area contributed by atoms with Gasteiger partial charge in [-0.15, -0.1) is 0 Å². The van der Waals surface area contributed by atoms with Crippen molar-refractivity contribution in [2.24, 2.45) is 5.92 Å². The largest absolute Gasteiger partial charge is 0.309 e. The van der Waals surface area contributed by atoms with Crippen molar-refractivity contribution in [3.8, 4) is 0 Å². The van der Waals surface area contributed by atoms with E-state index in [1.54, 1.807) is 0 Å². The summed E-state index contributed by atoms with van der Waals surface area (Å²) >= 11 is 13.9. The third kappa shape index (κ3) is 6.01. The zero-order chi connectivity index (χ0) is 12.8. The van der Waals surface area contributed by atoms with Crippen molar-refractivity contribution in [3.05, 3.63) is 33.8 Å². The van der Waals surface area contributed by atoms with E-state index in [-0.39, 0.29) is 0 Å². The van der Waals surface area contributed by atoms with Crippen molar-refractivity contribution >= 4 is 35.0 Å². The van der Waals surface area contributed by atoms with Gasteiger partial charge in [-0.3, -0.25) is 0 Å². The predicted molar refractivity (Wildman–Crippen MR) is 80.3 cm³/mol. The van der Waals surface area contributed by atoms with E-state index in [2.05, 4.69) is 25.9 Å². The molecule has 0 heterocycles. The lowest BCUT2D eigenvalue weighted by Gasteiger charge is -2.16. The monoisotopic (exact) mass is 291 g/mol. The van der Waals surface area contributed by atoms with Crippen LogP contribution in [0.1, 0.15) is 12.5 Å². The average molecular weight is 292 g/mol. The Morgan fingerprint density at radius 3 is 2.59 bits per heavy atom. The van der Waals surface area contributed by atoms with Crippen LogP contribution in [0.3, 0.4) is 0 Å². The first kappa shape index (κ1) is 15.2. The van der Waals surface area contributed by atoms with E-state index < -0.39 is 0 Å². The molecule has 0 saturated carbocycles. The lowest BCUT2D eigenvalue weighted by Crippen LogP contribution is -2.21. The Balaban J connectivity index is 2.35. The molecule has 0 aliphatic rings. The van der Waals surface area contributed by atoms with E-state index in [1.165, 1.54) is 0 Å². The first-order valence-corrected chi connectivity index (χ1v) is 7.56. The number of rotatable bonds is 6. The highest BCUT2D eigenvalue weighted by atomic mass is 35.5. The molecular formula is C13H19Cl2NS. The highest BCUT2D eigenvalue weighted by Crippen LogP contribution is 2.25. The number of benzene rings is 1. The van der Waals surface area contributed by atoms with Crippen LogP contribution in [0.4, 0.5) is 0 Å². The highest BCUT2D eigenvalue weighted by Gasteiger charge is 2.06. The molecule has 1 nitrogen and oxygen atoms in total. The first-order chi connectivity index (χ1) is 7.99. The van der Waals surface area contributed by atoms with Crippen LogP contribution in [0, 0.1) is 5.92 Å². The Bertz CT molecular complexity index is 355. The molecule has 4 heteroatoms. The van der Waals surface area contributed by atoms with Gasteiger partial charge in [0, 0.05) is 22.3 Å². The molecule has 96 valence electrons. The molecular weight excluding hydrogens is 273 g/mol. The van der Waals surface area contributed by atoms with Gasteiger partial charge in [-0.05, 0) is 43.5 Å². The maximum atomic E-state index is 6.12. The zero-order valence-corrected chi connectivity index (χ0v) is 12.9. The zero-order valence-electron chi connectivity index (χ0n) is 10.5. The van der Waals surface area contributed by atoms with Gasteiger partial charge in [0.05, 0.1) is 0 Å². The normalized spacial score (nSPS) is 13.1. The molecule has 0 fully saturated rings. The fraction of sp³-hybridized carbons (Fsp3) is 0.538. The molecule has 0 aromatic heterocycles. The van der Waals surface area contributed by atoms with Gasteiger partial charge in [0.1, 0.15) is 0 Å². The van der Waals surface area contributed by atoms with E-state index in [4.69, 9.17) is 23.2 Å². The molecule has 0 aliphatic heterocycles. The first-order valence-electron chi connectivity index (χ1n) is 5.65. The summed E-state index contributed by atoms with van der Waals surface area (Å²) in [4.78, 5) is 2.22. The van der Waals surface area contributed by atoms with Gasteiger partial charge in [-0.1, -0.05) is 36.2 Å². The average Bonchev–Trinajstić information content (AvgIpc) is 2.20. The molecule has 0 saturated heterocycles. The molecule has 1 aromatic rings. The van der Waals surface area contributed by atoms with Gasteiger partial charge < -0.3 is 4.90 Å². The number of halogens is 2. The predicted octanol–water partition coefficient (Wildman–Crippen LogP) is 4.42. The summed E-state index contributed by atoms with van der Waals surface area (Å²) in [5.41, 5.74) is 1.16. The third-order valence-electron chi connectivity index (χ3n) is 2.35. The summed E-state index contributed by atoms with van der Waals surface area (Å²) in [5, 5.41) is 1.47. The van der Waals surface area contributed by atoms with Gasteiger partial charge in [0.15, 0.2) is 0 Å². The van der Waals surface area contributed by atoms with E-state index >= 15 is 0 Å². The second kappa shape index (κ2) is 7.52. The quantitative estimate of drug-likeness (QED) is 0.763. The van der Waals surface area contributed by atoms with E-state index in [0.29, 0.717) is 10.9 Å². The van der Waals surface area contributed by atoms with Crippen LogP contribution in [0.15, 0.2) is 18.2 Å². The summed E-state index contributed by atoms with van der Waals surface area (Å²) in [6.07, 6.45) is 0. The Hall–Kier alpha value is 0.110. The minimum Gasteiger partial charge on any atom is -0.309 e. The van der Waals surface area contributed by atoms with E-state index in [1.807, 2.05) is 30.0 Å². The second-order valence-corrected chi connectivity index (χ2v) is 6.49. The Morgan fingerprint density at radius 1 is 1.29 bits per heavy atom. The van der Waals surface area contributed by atoms with E-state index in [9.17, 15) is 0 Å². The smallest absolute Gasteiger partial charge is 0.0461 e. The van der Waals surface area contributed by atoms with Crippen LogP contribution in [0.25, 0.3) is 0 Å². The molecule has 1 rings (SSSR count). The lowest BCUT2D eigenvalue weighted by molar-refractivity contribution is 0.357. The van der Waals surface area contributed by atoms with Crippen molar-refractivity contribution in [2.75, 3.05) is 26.4 Å². The number of hydrogen-bond acceptors (Lipinski definition) is 2. The van der Waals surface area contributed by atoms with Crippen LogP contribution in [-0.4, -0.2) is 31.3 Å². The molecule has 0 amide bonds. The van der Waals surface area contributed by atoms with Gasteiger partial charge in [0.25, 0.3) is 0 Å². The van der Waals surface area contributed by atoms with E-state index in [0.717, 1.165) is 28.6 Å². The topological polar surface area (TPSA) is 3.24 Å². The number of thioether (sulfide) groups is 1. The third-order valence-corrected chi connectivity index (χ3v) is 4.26. The van der Waals surface area contributed by atoms with Gasteiger partial charge >= 0.3 is 0 Å². The maximum absolute atomic E-state index is 6.12. The molecule has 1 unspecified atom stereocenters. The molecule has 1 aromatic carbocycles. The van der Waals surface area contributed by atoms with Crippen LogP contribution in [-0.2, 0) is 5.75 Å². The van der Waals surface area contributed by atoms with Crippen LogP contribution >= 0.6 is 35.0 Å². The maximum Gasteiger partial charge on any atom is 0.0461 e. The number of hydrogen-bond donors (Lipinski definition) is 0. The van der Waals surface area contributed by atoms with Crippen LogP contribution in [0.5, 0.6) is 0 Å². The molecule has 17 heavy (non-hydrogen) atoms. The summed E-state index contributed by atoms with van der Waals surface area (Å²) in [6.45, 7) is 3.40. The summed E-state index contributed by atoms with van der Waals surface area (Å²) in [5.74, 6) is 2.80. The van der Waals surface area contributed by atoms with Gasteiger partial charge in [-0.2, -0.15) is 11.8 Å². The van der Waals surface area contributed by atoms with Crippen molar-refractivity contribution in [2.45, 2.75) is 12.7 Å². The minimum absolute atomic E-state index is 0.695. The lowest BCUT2D eigenvalue weighted by atomic mass is 10.2. The highest BCUT2D eigenvalue weighted by molar-refractivity contribution is 7.98. The summed E-state index contributed by atoms with van der Waals surface area (Å²) < 4.78 is 0. The van der Waals surface area contributed by atoms with Gasteiger partial charge in [0.2, 0.25) is 0 Å². The molecule has 0 bridgehead atoms.